The number of nitrogens with one attached hydrogen (secondary N) is 3. The molecule has 0 aromatic carbocycles. The first-order chi connectivity index (χ1) is 9.38. The number of ether oxygens (including phenoxy) is 1. The summed E-state index contributed by atoms with van der Waals surface area (Å²) in [5.41, 5.74) is 0. The van der Waals surface area contributed by atoms with Gasteiger partial charge in [0.05, 0.1) is 13.2 Å². The van der Waals surface area contributed by atoms with Crippen LogP contribution in [0, 0.1) is 0 Å². The van der Waals surface area contributed by atoms with Gasteiger partial charge in [-0.25, -0.2) is 9.97 Å². The maximum absolute atomic E-state index is 5.42. The van der Waals surface area contributed by atoms with E-state index < -0.39 is 0 Å². The van der Waals surface area contributed by atoms with Crippen LogP contribution in [0.4, 0.5) is 11.6 Å². The molecular formula is C13H23N5O. The van der Waals surface area contributed by atoms with Gasteiger partial charge in [0.2, 0.25) is 0 Å². The second kappa shape index (κ2) is 7.91. The highest BCUT2D eigenvalue weighted by Crippen LogP contribution is 2.09. The third-order valence-electron chi connectivity index (χ3n) is 3.02. The highest BCUT2D eigenvalue weighted by Gasteiger charge is 2.12. The molecule has 1 aliphatic rings. The summed E-state index contributed by atoms with van der Waals surface area (Å²) in [5.74, 6) is 1.74. The van der Waals surface area contributed by atoms with Gasteiger partial charge in [0.15, 0.2) is 0 Å². The molecule has 1 atom stereocenters. The molecule has 6 nitrogen and oxygen atoms in total. The molecule has 6 heteroatoms. The second-order valence-corrected chi connectivity index (χ2v) is 4.66. The summed E-state index contributed by atoms with van der Waals surface area (Å²) in [6.07, 6.45) is 3.70. The van der Waals surface area contributed by atoms with Crippen LogP contribution in [0.3, 0.4) is 0 Å². The molecule has 1 unspecified atom stereocenters. The number of hydrogen-bond donors (Lipinski definition) is 3. The average molecular weight is 265 g/mol. The van der Waals surface area contributed by atoms with Crippen molar-refractivity contribution in [2.45, 2.75) is 25.8 Å². The Morgan fingerprint density at radius 1 is 1.32 bits per heavy atom. The minimum atomic E-state index is 0.445. The Morgan fingerprint density at radius 2 is 2.11 bits per heavy atom. The Kier molecular flexibility index (Phi) is 5.84. The molecule has 0 saturated carbocycles. The lowest BCUT2D eigenvalue weighted by atomic mass is 10.2. The first-order valence-electron chi connectivity index (χ1n) is 6.99. The molecule has 2 heterocycles. The lowest BCUT2D eigenvalue weighted by Gasteiger charge is -2.23. The molecule has 3 N–H and O–H groups in total. The molecule has 0 spiro atoms. The van der Waals surface area contributed by atoms with Crippen LogP contribution in [-0.2, 0) is 4.74 Å². The fraction of sp³-hybridized carbons (Fsp3) is 0.692. The summed E-state index contributed by atoms with van der Waals surface area (Å²) in [5, 5.41) is 10.0. The van der Waals surface area contributed by atoms with Crippen molar-refractivity contribution in [3.8, 4) is 0 Å². The van der Waals surface area contributed by atoms with Gasteiger partial charge in [-0.05, 0) is 12.8 Å². The van der Waals surface area contributed by atoms with E-state index in [-0.39, 0.29) is 0 Å². The zero-order chi connectivity index (χ0) is 13.3. The minimum absolute atomic E-state index is 0.445. The summed E-state index contributed by atoms with van der Waals surface area (Å²) < 4.78 is 5.42. The average Bonchev–Trinajstić information content (AvgIpc) is 2.47. The maximum atomic E-state index is 5.42. The summed E-state index contributed by atoms with van der Waals surface area (Å²) >= 11 is 0. The Labute approximate surface area is 114 Å². The second-order valence-electron chi connectivity index (χ2n) is 4.66. The maximum Gasteiger partial charge on any atom is 0.131 e. The number of morpholine rings is 1. The Morgan fingerprint density at radius 3 is 2.79 bits per heavy atom. The first kappa shape index (κ1) is 14.0. The standard InChI is InChI=1S/C13H23N5O/c1-2-4-15-12-8-13(18-10-17-12)16-5-3-11-9-19-7-6-14-11/h8,10-11,14H,2-7,9H2,1H3,(H2,15,16,17,18). The molecule has 1 aromatic heterocycles. The van der Waals surface area contributed by atoms with E-state index >= 15 is 0 Å². The molecule has 0 aliphatic carbocycles. The van der Waals surface area contributed by atoms with Crippen molar-refractivity contribution in [3.05, 3.63) is 12.4 Å². The highest BCUT2D eigenvalue weighted by molar-refractivity contribution is 5.46. The molecule has 0 radical (unpaired) electrons. The number of nitrogens with zero attached hydrogens (tertiary/aromatic N) is 2. The Balaban J connectivity index is 1.72. The quantitative estimate of drug-likeness (QED) is 0.685. The van der Waals surface area contributed by atoms with Gasteiger partial charge in [-0.1, -0.05) is 6.92 Å². The van der Waals surface area contributed by atoms with Crippen molar-refractivity contribution in [3.63, 3.8) is 0 Å². The molecule has 19 heavy (non-hydrogen) atoms. The van der Waals surface area contributed by atoms with Gasteiger partial charge in [0.25, 0.3) is 0 Å². The number of aromatic nitrogens is 2. The smallest absolute Gasteiger partial charge is 0.131 e. The van der Waals surface area contributed by atoms with Crippen LogP contribution in [-0.4, -0.2) is 48.9 Å². The zero-order valence-corrected chi connectivity index (χ0v) is 11.5. The fourth-order valence-corrected chi connectivity index (χ4v) is 1.98. The summed E-state index contributed by atoms with van der Waals surface area (Å²) in [6, 6.07) is 2.39. The largest absolute Gasteiger partial charge is 0.379 e. The van der Waals surface area contributed by atoms with Gasteiger partial charge in [-0.3, -0.25) is 0 Å². The van der Waals surface area contributed by atoms with Crippen LogP contribution in [0.25, 0.3) is 0 Å². The molecule has 1 saturated heterocycles. The lowest BCUT2D eigenvalue weighted by Crippen LogP contribution is -2.42. The van der Waals surface area contributed by atoms with Crippen molar-refractivity contribution >= 4 is 11.6 Å². The SMILES string of the molecule is CCCNc1cc(NCCC2COCCN2)ncn1. The van der Waals surface area contributed by atoms with Gasteiger partial charge in [0, 0.05) is 31.7 Å². The van der Waals surface area contributed by atoms with Crippen LogP contribution in [0.2, 0.25) is 0 Å². The molecule has 1 aliphatic heterocycles. The van der Waals surface area contributed by atoms with Gasteiger partial charge in [-0.15, -0.1) is 0 Å². The normalized spacial score (nSPS) is 19.1. The zero-order valence-electron chi connectivity index (χ0n) is 11.5. The van der Waals surface area contributed by atoms with E-state index in [1.807, 2.05) is 6.07 Å². The molecule has 1 aromatic rings. The summed E-state index contributed by atoms with van der Waals surface area (Å²) in [6.45, 7) is 6.51. The van der Waals surface area contributed by atoms with E-state index in [9.17, 15) is 0 Å². The van der Waals surface area contributed by atoms with Crippen LogP contribution < -0.4 is 16.0 Å². The van der Waals surface area contributed by atoms with Crippen LogP contribution in [0.5, 0.6) is 0 Å². The molecule has 106 valence electrons. The summed E-state index contributed by atoms with van der Waals surface area (Å²) in [4.78, 5) is 8.40. The highest BCUT2D eigenvalue weighted by atomic mass is 16.5. The van der Waals surface area contributed by atoms with Crippen LogP contribution in [0.1, 0.15) is 19.8 Å². The van der Waals surface area contributed by atoms with Gasteiger partial charge in [-0.2, -0.15) is 0 Å². The predicted octanol–water partition coefficient (Wildman–Crippen LogP) is 1.09. The van der Waals surface area contributed by atoms with Gasteiger partial charge >= 0.3 is 0 Å². The van der Waals surface area contributed by atoms with Crippen molar-refractivity contribution < 1.29 is 4.74 Å². The lowest BCUT2D eigenvalue weighted by molar-refractivity contribution is 0.0753. The van der Waals surface area contributed by atoms with E-state index in [1.54, 1.807) is 6.33 Å². The molecule has 0 bridgehead atoms. The van der Waals surface area contributed by atoms with Crippen LogP contribution in [0.15, 0.2) is 12.4 Å². The first-order valence-corrected chi connectivity index (χ1v) is 6.99. The van der Waals surface area contributed by atoms with Crippen LogP contribution >= 0.6 is 0 Å². The van der Waals surface area contributed by atoms with Gasteiger partial charge in [0.1, 0.15) is 18.0 Å². The topological polar surface area (TPSA) is 71.1 Å². The van der Waals surface area contributed by atoms with Crippen molar-refractivity contribution in [2.75, 3.05) is 43.5 Å². The van der Waals surface area contributed by atoms with E-state index in [2.05, 4.69) is 32.8 Å². The number of anilines is 2. The Bertz CT molecular complexity index is 368. The monoisotopic (exact) mass is 265 g/mol. The number of rotatable bonds is 7. The van der Waals surface area contributed by atoms with Crippen molar-refractivity contribution in [2.24, 2.45) is 0 Å². The third-order valence-corrected chi connectivity index (χ3v) is 3.02. The molecule has 0 amide bonds. The minimum Gasteiger partial charge on any atom is -0.379 e. The van der Waals surface area contributed by atoms with E-state index in [4.69, 9.17) is 4.74 Å². The molecular weight excluding hydrogens is 242 g/mol. The predicted molar refractivity (Wildman–Crippen MR) is 76.5 cm³/mol. The fourth-order valence-electron chi connectivity index (χ4n) is 1.98. The third kappa shape index (κ3) is 5.00. The van der Waals surface area contributed by atoms with E-state index in [0.29, 0.717) is 6.04 Å². The molecule has 1 fully saturated rings. The van der Waals surface area contributed by atoms with Crippen molar-refractivity contribution in [1.82, 2.24) is 15.3 Å². The van der Waals surface area contributed by atoms with E-state index in [0.717, 1.165) is 57.3 Å². The number of hydrogen-bond acceptors (Lipinski definition) is 6. The summed E-state index contributed by atoms with van der Waals surface area (Å²) in [7, 11) is 0. The Hall–Kier alpha value is -1.40. The van der Waals surface area contributed by atoms with Crippen molar-refractivity contribution in [1.29, 1.82) is 0 Å². The van der Waals surface area contributed by atoms with E-state index in [1.165, 1.54) is 0 Å². The molecule has 2 rings (SSSR count). The van der Waals surface area contributed by atoms with Gasteiger partial charge < -0.3 is 20.7 Å².